The van der Waals surface area contributed by atoms with Gasteiger partial charge in [-0.15, -0.1) is 0 Å². The van der Waals surface area contributed by atoms with Crippen LogP contribution in [0.5, 0.6) is 11.5 Å². The van der Waals surface area contributed by atoms with Crippen LogP contribution >= 0.6 is 19.0 Å². The van der Waals surface area contributed by atoms with E-state index in [1.54, 1.807) is 13.8 Å². The van der Waals surface area contributed by atoms with Gasteiger partial charge in [0.15, 0.2) is 5.71 Å². The van der Waals surface area contributed by atoms with Gasteiger partial charge >= 0.3 is 19.5 Å². The maximum atomic E-state index is 13.3. The van der Waals surface area contributed by atoms with Gasteiger partial charge in [-0.2, -0.15) is 13.2 Å². The molecule has 2 aromatic rings. The second-order valence-corrected chi connectivity index (χ2v) is 9.47. The number of anilines is 1. The van der Waals surface area contributed by atoms with E-state index < -0.39 is 25.1 Å². The van der Waals surface area contributed by atoms with Crippen LogP contribution in [0.3, 0.4) is 0 Å². The van der Waals surface area contributed by atoms with E-state index in [-0.39, 0.29) is 46.0 Å². The van der Waals surface area contributed by atoms with Crippen LogP contribution in [-0.4, -0.2) is 24.4 Å². The largest absolute Gasteiger partial charge is 0.461 e. The Morgan fingerprint density at radius 3 is 2.44 bits per heavy atom. The molecule has 0 amide bonds. The number of oxime groups is 1. The maximum Gasteiger partial charge on any atom is 0.416 e. The van der Waals surface area contributed by atoms with E-state index >= 15 is 0 Å². The Morgan fingerprint density at radius 2 is 1.88 bits per heavy atom. The minimum atomic E-state index is -4.55. The zero-order valence-corrected chi connectivity index (χ0v) is 19.1. The Balaban J connectivity index is 2.34. The molecule has 0 aliphatic rings. The second-order valence-electron chi connectivity index (χ2n) is 6.43. The van der Waals surface area contributed by atoms with Gasteiger partial charge in [0.1, 0.15) is 11.5 Å². The van der Waals surface area contributed by atoms with Crippen LogP contribution in [0.1, 0.15) is 26.3 Å². The molecular formula is C20H21ClF3N2O5P. The molecule has 2 rings (SSSR count). The average molecular weight is 493 g/mol. The lowest BCUT2D eigenvalue weighted by atomic mass is 10.2. The summed E-state index contributed by atoms with van der Waals surface area (Å²) in [5.41, 5.74) is 5.01. The highest BCUT2D eigenvalue weighted by Gasteiger charge is 2.32. The van der Waals surface area contributed by atoms with E-state index in [1.165, 1.54) is 25.1 Å². The van der Waals surface area contributed by atoms with Gasteiger partial charge in [0.25, 0.3) is 0 Å². The van der Waals surface area contributed by atoms with Crippen molar-refractivity contribution in [3.05, 3.63) is 47.0 Å². The molecule has 1 atom stereocenters. The minimum Gasteiger partial charge on any atom is -0.461 e. The summed E-state index contributed by atoms with van der Waals surface area (Å²) in [4.78, 5) is 11.7. The number of nitrogen functional groups attached to an aromatic ring is 1. The summed E-state index contributed by atoms with van der Waals surface area (Å²) in [6.07, 6.45) is -4.56. The van der Waals surface area contributed by atoms with Crippen molar-refractivity contribution in [1.29, 1.82) is 0 Å². The zero-order chi connectivity index (χ0) is 24.1. The van der Waals surface area contributed by atoms with Crippen LogP contribution in [0.2, 0.25) is 5.02 Å². The van der Waals surface area contributed by atoms with Gasteiger partial charge in [-0.25, -0.2) is 4.79 Å². The molecule has 0 radical (unpaired) electrons. The Bertz CT molecular complexity index is 1080. The molecule has 0 spiro atoms. The van der Waals surface area contributed by atoms with Crippen molar-refractivity contribution in [2.45, 2.75) is 26.9 Å². The number of hydrogen-bond acceptors (Lipinski definition) is 7. The van der Waals surface area contributed by atoms with Crippen molar-refractivity contribution in [3.8, 4) is 11.5 Å². The third-order valence-electron chi connectivity index (χ3n) is 4.15. The third-order valence-corrected chi connectivity index (χ3v) is 6.75. The minimum absolute atomic E-state index is 0.0126. The summed E-state index contributed by atoms with van der Waals surface area (Å²) in [5.74, 6) is -0.657. The number of rotatable bonds is 8. The lowest BCUT2D eigenvalue weighted by molar-refractivity contribution is -0.137. The van der Waals surface area contributed by atoms with Crippen LogP contribution in [0.15, 0.2) is 41.6 Å². The van der Waals surface area contributed by atoms with Gasteiger partial charge in [0.05, 0.1) is 22.5 Å². The number of nitrogens with zero attached hydrogens (tertiary/aromatic N) is 1. The Labute approximate surface area is 187 Å². The maximum absolute atomic E-state index is 13.3. The molecule has 2 aromatic carbocycles. The normalized spacial score (nSPS) is 13.9. The predicted molar refractivity (Wildman–Crippen MR) is 116 cm³/mol. The summed E-state index contributed by atoms with van der Waals surface area (Å²) in [6.45, 7) is 4.68. The van der Waals surface area contributed by atoms with E-state index in [2.05, 4.69) is 5.16 Å². The average Bonchev–Trinajstić information content (AvgIpc) is 2.73. The fraction of sp³-hybridized carbons (Fsp3) is 0.300. The van der Waals surface area contributed by atoms with E-state index in [1.807, 2.05) is 0 Å². The van der Waals surface area contributed by atoms with Gasteiger partial charge in [0.2, 0.25) is 0 Å². The summed E-state index contributed by atoms with van der Waals surface area (Å²) in [6, 6.07) is 6.79. The van der Waals surface area contributed by atoms with Crippen LogP contribution < -0.4 is 15.8 Å². The fourth-order valence-electron chi connectivity index (χ4n) is 2.44. The zero-order valence-electron chi connectivity index (χ0n) is 17.4. The first-order valence-electron chi connectivity index (χ1n) is 9.35. The summed E-state index contributed by atoms with van der Waals surface area (Å²) < 4.78 is 67.4. The first-order chi connectivity index (χ1) is 14.9. The lowest BCUT2D eigenvalue weighted by Gasteiger charge is -2.18. The summed E-state index contributed by atoms with van der Waals surface area (Å²) >= 11 is 5.92. The first kappa shape index (κ1) is 25.5. The summed E-state index contributed by atoms with van der Waals surface area (Å²) in [5, 5.41) is 3.43. The van der Waals surface area contributed by atoms with E-state index in [9.17, 15) is 22.5 Å². The molecule has 7 nitrogen and oxygen atoms in total. The molecular weight excluding hydrogens is 472 g/mol. The van der Waals surface area contributed by atoms with Crippen LogP contribution in [0, 0.1) is 0 Å². The number of halogens is 4. The van der Waals surface area contributed by atoms with Crippen LogP contribution in [-0.2, 0) is 24.9 Å². The molecule has 32 heavy (non-hydrogen) atoms. The van der Waals surface area contributed by atoms with Crippen molar-refractivity contribution >= 4 is 41.6 Å². The molecule has 0 saturated heterocycles. The quantitative estimate of drug-likeness (QED) is 0.169. The Morgan fingerprint density at radius 1 is 1.19 bits per heavy atom. The molecule has 0 fully saturated rings. The highest BCUT2D eigenvalue weighted by molar-refractivity contribution is 7.67. The SMILES string of the molecule is CCOC(=O)C(C)=NOP(=O)(CC)c1cc(Oc2ccc(C(F)(F)F)cc2Cl)ccc1N. The molecule has 0 bridgehead atoms. The molecule has 2 N–H and O–H groups in total. The number of benzene rings is 2. The predicted octanol–water partition coefficient (Wildman–Crippen LogP) is 5.61. The van der Waals surface area contributed by atoms with Gasteiger partial charge in [-0.1, -0.05) is 23.7 Å². The van der Waals surface area contributed by atoms with Gasteiger partial charge in [-0.05, 0) is 50.2 Å². The van der Waals surface area contributed by atoms with Gasteiger partial charge in [-0.3, -0.25) is 4.57 Å². The second kappa shape index (κ2) is 10.3. The topological polar surface area (TPSA) is 100 Å². The van der Waals surface area contributed by atoms with Crippen molar-refractivity contribution in [2.24, 2.45) is 5.16 Å². The molecule has 0 saturated carbocycles. The number of carbonyl (C=O) groups is 1. The molecule has 1 unspecified atom stereocenters. The Hall–Kier alpha value is -2.71. The number of esters is 1. The molecule has 0 aliphatic carbocycles. The molecule has 0 aromatic heterocycles. The number of hydrogen-bond donors (Lipinski definition) is 1. The molecule has 174 valence electrons. The monoisotopic (exact) mass is 492 g/mol. The standard InChI is InChI=1S/C20H21ClF3N2O5P/c1-4-29-19(27)12(3)26-31-32(28,5-2)18-11-14(7-8-16(18)25)30-17-9-6-13(10-15(17)21)20(22,23)24/h6-11H,4-5,25H2,1-3H3. The fourth-order valence-corrected chi connectivity index (χ4v) is 4.25. The number of nitrogens with two attached hydrogens (primary N) is 1. The lowest BCUT2D eigenvalue weighted by Crippen LogP contribution is -2.17. The van der Waals surface area contributed by atoms with Crippen molar-refractivity contribution < 1.29 is 36.6 Å². The van der Waals surface area contributed by atoms with E-state index in [4.69, 9.17) is 31.4 Å². The molecule has 12 heteroatoms. The van der Waals surface area contributed by atoms with Gasteiger partial charge in [0, 0.05) is 11.8 Å². The third kappa shape index (κ3) is 6.17. The molecule has 0 heterocycles. The summed E-state index contributed by atoms with van der Waals surface area (Å²) in [7, 11) is -3.66. The number of alkyl halides is 3. The number of carbonyl (C=O) groups excluding carboxylic acids is 1. The highest BCUT2D eigenvalue weighted by atomic mass is 35.5. The van der Waals surface area contributed by atoms with E-state index in [0.29, 0.717) is 0 Å². The van der Waals surface area contributed by atoms with Gasteiger partial charge < -0.3 is 19.8 Å². The first-order valence-corrected chi connectivity index (χ1v) is 11.5. The van der Waals surface area contributed by atoms with Crippen molar-refractivity contribution in [3.63, 3.8) is 0 Å². The van der Waals surface area contributed by atoms with Crippen molar-refractivity contribution in [1.82, 2.24) is 0 Å². The smallest absolute Gasteiger partial charge is 0.416 e. The van der Waals surface area contributed by atoms with E-state index in [0.717, 1.165) is 18.2 Å². The highest BCUT2D eigenvalue weighted by Crippen LogP contribution is 2.48. The Kier molecular flexibility index (Phi) is 8.20. The molecule has 0 aliphatic heterocycles. The van der Waals surface area contributed by atoms with Crippen LogP contribution in [0.4, 0.5) is 18.9 Å². The number of ether oxygens (including phenoxy) is 2. The van der Waals surface area contributed by atoms with Crippen molar-refractivity contribution in [2.75, 3.05) is 18.5 Å². The van der Waals surface area contributed by atoms with Crippen LogP contribution in [0.25, 0.3) is 0 Å².